The van der Waals surface area contributed by atoms with Gasteiger partial charge in [0, 0.05) is 6.42 Å². The van der Waals surface area contributed by atoms with E-state index in [1.807, 2.05) is 0 Å². The minimum Gasteiger partial charge on any atom is -0.465 e. The van der Waals surface area contributed by atoms with Crippen molar-refractivity contribution in [2.75, 3.05) is 13.7 Å². The molecular formula is C8H12FNO2. The lowest BCUT2D eigenvalue weighted by molar-refractivity contribution is -0.135. The lowest BCUT2D eigenvalue weighted by atomic mass is 10.2. The molecule has 0 radical (unpaired) electrons. The summed E-state index contributed by atoms with van der Waals surface area (Å²) < 4.78 is 17.3. The molecule has 0 saturated carbocycles. The number of ether oxygens (including phenoxy) is 1. The van der Waals surface area contributed by atoms with E-state index in [0.29, 0.717) is 0 Å². The first-order valence-electron chi connectivity index (χ1n) is 3.46. The molecule has 0 aromatic heterocycles. The third-order valence-electron chi connectivity index (χ3n) is 1.27. The molecule has 0 spiro atoms. The molecule has 0 heterocycles. The van der Waals surface area contributed by atoms with Crippen LogP contribution in [0.15, 0.2) is 24.1 Å². The molecule has 0 aliphatic carbocycles. The summed E-state index contributed by atoms with van der Waals surface area (Å²) in [6.07, 6.45) is 1.15. The van der Waals surface area contributed by atoms with Gasteiger partial charge in [-0.2, -0.15) is 0 Å². The predicted octanol–water partition coefficient (Wildman–Crippen LogP) is 0.918. The van der Waals surface area contributed by atoms with E-state index >= 15 is 0 Å². The summed E-state index contributed by atoms with van der Waals surface area (Å²) >= 11 is 0. The number of esters is 1. The molecule has 0 bridgehead atoms. The molecule has 3 nitrogen and oxygen atoms in total. The minimum absolute atomic E-state index is 0.0243. The second kappa shape index (κ2) is 5.49. The van der Waals surface area contributed by atoms with Crippen molar-refractivity contribution in [3.63, 3.8) is 0 Å². The maximum absolute atomic E-state index is 12.9. The fraction of sp³-hybridized carbons (Fsp3) is 0.375. The molecule has 0 unspecified atom stereocenters. The van der Waals surface area contributed by atoms with Gasteiger partial charge >= 0.3 is 5.97 Å². The Bertz CT molecular complexity index is 211. The first-order valence-corrected chi connectivity index (χ1v) is 3.46. The fourth-order valence-corrected chi connectivity index (χ4v) is 0.676. The molecular weight excluding hydrogens is 161 g/mol. The Morgan fingerprint density at radius 2 is 2.33 bits per heavy atom. The topological polar surface area (TPSA) is 52.3 Å². The van der Waals surface area contributed by atoms with E-state index in [0.717, 1.165) is 6.08 Å². The van der Waals surface area contributed by atoms with Gasteiger partial charge < -0.3 is 10.5 Å². The van der Waals surface area contributed by atoms with Crippen LogP contribution < -0.4 is 5.73 Å². The van der Waals surface area contributed by atoms with E-state index in [2.05, 4.69) is 11.3 Å². The first kappa shape index (κ1) is 10.8. The van der Waals surface area contributed by atoms with Crippen molar-refractivity contribution in [3.05, 3.63) is 24.1 Å². The number of hydrogen-bond acceptors (Lipinski definition) is 3. The third kappa shape index (κ3) is 2.84. The van der Waals surface area contributed by atoms with Gasteiger partial charge in [0.2, 0.25) is 0 Å². The molecule has 0 aliphatic heterocycles. The maximum atomic E-state index is 12.9. The van der Waals surface area contributed by atoms with E-state index < -0.39 is 11.8 Å². The van der Waals surface area contributed by atoms with Crippen LogP contribution in [0.4, 0.5) is 4.39 Å². The van der Waals surface area contributed by atoms with Crippen molar-refractivity contribution >= 4 is 5.97 Å². The Labute approximate surface area is 70.7 Å². The summed E-state index contributed by atoms with van der Waals surface area (Å²) in [5.41, 5.74) is 4.95. The molecule has 0 saturated heterocycles. The summed E-state index contributed by atoms with van der Waals surface area (Å²) in [6.45, 7) is 3.45. The van der Waals surface area contributed by atoms with Crippen molar-refractivity contribution in [1.82, 2.24) is 0 Å². The first-order chi connectivity index (χ1) is 5.67. The Kier molecular flexibility index (Phi) is 4.96. The third-order valence-corrected chi connectivity index (χ3v) is 1.27. The van der Waals surface area contributed by atoms with Crippen molar-refractivity contribution in [2.45, 2.75) is 6.42 Å². The van der Waals surface area contributed by atoms with Crippen LogP contribution in [0, 0.1) is 0 Å². The number of rotatable bonds is 4. The Hall–Kier alpha value is -1.16. The van der Waals surface area contributed by atoms with E-state index in [1.165, 1.54) is 7.11 Å². The predicted molar refractivity (Wildman–Crippen MR) is 44.0 cm³/mol. The van der Waals surface area contributed by atoms with E-state index in [-0.39, 0.29) is 18.5 Å². The quantitative estimate of drug-likeness (QED) is 0.390. The fourth-order valence-electron chi connectivity index (χ4n) is 0.676. The number of carbonyl (C=O) groups excluding carboxylic acids is 1. The molecule has 68 valence electrons. The molecule has 0 aromatic rings. The largest absolute Gasteiger partial charge is 0.465 e. The van der Waals surface area contributed by atoms with Gasteiger partial charge in [-0.05, 0) is 6.54 Å². The van der Waals surface area contributed by atoms with Crippen molar-refractivity contribution < 1.29 is 13.9 Å². The average Bonchev–Trinajstić information content (AvgIpc) is 2.06. The van der Waals surface area contributed by atoms with Gasteiger partial charge in [0.1, 0.15) is 5.83 Å². The van der Waals surface area contributed by atoms with E-state index in [9.17, 15) is 9.18 Å². The molecule has 0 atom stereocenters. The second-order valence-corrected chi connectivity index (χ2v) is 2.05. The molecule has 0 aromatic carbocycles. The summed E-state index contributed by atoms with van der Waals surface area (Å²) in [5.74, 6) is -1.31. The number of methoxy groups -OCH3 is 1. The summed E-state index contributed by atoms with van der Waals surface area (Å²) in [4.78, 5) is 10.8. The van der Waals surface area contributed by atoms with E-state index in [1.54, 1.807) is 0 Å². The highest BCUT2D eigenvalue weighted by Gasteiger charge is 2.11. The van der Waals surface area contributed by atoms with Crippen molar-refractivity contribution in [2.24, 2.45) is 5.73 Å². The van der Waals surface area contributed by atoms with Crippen LogP contribution in [-0.2, 0) is 9.53 Å². The highest BCUT2D eigenvalue weighted by Crippen LogP contribution is 2.11. The SMILES string of the molecule is C=C/C(C(=O)OC)=C(/F)CCN. The zero-order valence-electron chi connectivity index (χ0n) is 6.97. The Morgan fingerprint density at radius 1 is 1.75 bits per heavy atom. The zero-order chi connectivity index (χ0) is 9.56. The molecule has 0 amide bonds. The minimum atomic E-state index is -0.726. The van der Waals surface area contributed by atoms with Crippen molar-refractivity contribution in [3.8, 4) is 0 Å². The maximum Gasteiger partial charge on any atom is 0.340 e. The highest BCUT2D eigenvalue weighted by atomic mass is 19.1. The van der Waals surface area contributed by atoms with Gasteiger partial charge in [-0.25, -0.2) is 9.18 Å². The number of carbonyl (C=O) groups is 1. The second-order valence-electron chi connectivity index (χ2n) is 2.05. The Balaban J connectivity index is 4.60. The van der Waals surface area contributed by atoms with Crippen LogP contribution in [-0.4, -0.2) is 19.6 Å². The van der Waals surface area contributed by atoms with Gasteiger partial charge in [0.25, 0.3) is 0 Å². The van der Waals surface area contributed by atoms with Crippen LogP contribution in [0.3, 0.4) is 0 Å². The molecule has 0 fully saturated rings. The van der Waals surface area contributed by atoms with Crippen LogP contribution >= 0.6 is 0 Å². The van der Waals surface area contributed by atoms with Gasteiger partial charge in [-0.15, -0.1) is 0 Å². The standard InChI is InChI=1S/C8H12FNO2/c1-3-6(8(11)12-2)7(9)4-5-10/h3H,1,4-5,10H2,2H3/b7-6-. The van der Waals surface area contributed by atoms with Gasteiger partial charge in [-0.3, -0.25) is 0 Å². The molecule has 0 rings (SSSR count). The monoisotopic (exact) mass is 173 g/mol. The summed E-state index contributed by atoms with van der Waals surface area (Å²) in [6, 6.07) is 0. The van der Waals surface area contributed by atoms with Crippen LogP contribution in [0.1, 0.15) is 6.42 Å². The molecule has 2 N–H and O–H groups in total. The van der Waals surface area contributed by atoms with Gasteiger partial charge in [0.15, 0.2) is 0 Å². The Morgan fingerprint density at radius 3 is 2.67 bits per heavy atom. The number of halogens is 1. The lowest BCUT2D eigenvalue weighted by Gasteiger charge is -2.01. The summed E-state index contributed by atoms with van der Waals surface area (Å²) in [7, 11) is 1.18. The smallest absolute Gasteiger partial charge is 0.340 e. The lowest BCUT2D eigenvalue weighted by Crippen LogP contribution is -2.07. The molecule has 0 aliphatic rings. The van der Waals surface area contributed by atoms with Crippen molar-refractivity contribution in [1.29, 1.82) is 0 Å². The van der Waals surface area contributed by atoms with Gasteiger partial charge in [0.05, 0.1) is 12.7 Å². The highest BCUT2D eigenvalue weighted by molar-refractivity contribution is 5.91. The molecule has 12 heavy (non-hydrogen) atoms. The average molecular weight is 173 g/mol. The van der Waals surface area contributed by atoms with Crippen LogP contribution in [0.2, 0.25) is 0 Å². The normalized spacial score (nSPS) is 11.9. The zero-order valence-corrected chi connectivity index (χ0v) is 6.97. The summed E-state index contributed by atoms with van der Waals surface area (Å²) in [5, 5.41) is 0. The number of hydrogen-bond donors (Lipinski definition) is 1. The molecule has 4 heteroatoms. The van der Waals surface area contributed by atoms with Crippen LogP contribution in [0.25, 0.3) is 0 Å². The van der Waals surface area contributed by atoms with Crippen LogP contribution in [0.5, 0.6) is 0 Å². The van der Waals surface area contributed by atoms with Gasteiger partial charge in [-0.1, -0.05) is 12.7 Å². The van der Waals surface area contributed by atoms with E-state index in [4.69, 9.17) is 5.73 Å². The number of nitrogens with two attached hydrogens (primary N) is 1.